The van der Waals surface area contributed by atoms with Gasteiger partial charge in [-0.25, -0.2) is 9.97 Å². The number of unbranched alkanes of at least 4 members (excludes halogenated alkanes) is 2. The predicted molar refractivity (Wildman–Crippen MR) is 70.9 cm³/mol. The minimum Gasteiger partial charge on any atom is -0.396 e. The number of rotatable bonds is 7. The maximum absolute atomic E-state index is 11.7. The molecule has 7 nitrogen and oxygen atoms in total. The van der Waals surface area contributed by atoms with E-state index in [0.717, 1.165) is 31.5 Å². The second-order valence-electron chi connectivity index (χ2n) is 4.63. The van der Waals surface area contributed by atoms with Gasteiger partial charge in [-0.05, 0) is 32.9 Å². The van der Waals surface area contributed by atoms with Gasteiger partial charge in [0.2, 0.25) is 0 Å². The fraction of sp³-hybridized carbons (Fsp3) is 0.583. The van der Waals surface area contributed by atoms with Crippen LogP contribution in [0.3, 0.4) is 0 Å². The highest BCUT2D eigenvalue weighted by atomic mass is 16.2. The first-order chi connectivity index (χ1) is 9.20. The Kier molecular flexibility index (Phi) is 4.64. The molecular formula is C12H19N5O2. The summed E-state index contributed by atoms with van der Waals surface area (Å²) in [5.74, 6) is 0.399. The lowest BCUT2D eigenvalue weighted by Crippen LogP contribution is -2.23. The molecule has 0 atom stereocenters. The van der Waals surface area contributed by atoms with Crippen LogP contribution in [0.15, 0.2) is 17.2 Å². The Hall–Kier alpha value is -1.73. The van der Waals surface area contributed by atoms with Gasteiger partial charge in [-0.15, -0.1) is 0 Å². The molecule has 2 aromatic heterocycles. The number of H-pyrrole nitrogens is 1. The molecule has 0 spiro atoms. The smallest absolute Gasteiger partial charge is 0.274 e. The molecule has 2 rings (SSSR count). The topological polar surface area (TPSA) is 86.5 Å². The van der Waals surface area contributed by atoms with Crippen molar-refractivity contribution in [1.29, 1.82) is 0 Å². The van der Waals surface area contributed by atoms with E-state index in [1.165, 1.54) is 16.9 Å². The molecule has 2 heterocycles. The van der Waals surface area contributed by atoms with E-state index in [4.69, 9.17) is 5.11 Å². The second kappa shape index (κ2) is 6.44. The fourth-order valence-corrected chi connectivity index (χ4v) is 1.98. The minimum absolute atomic E-state index is 0.147. The van der Waals surface area contributed by atoms with Crippen LogP contribution in [0.4, 0.5) is 0 Å². The van der Waals surface area contributed by atoms with E-state index in [-0.39, 0.29) is 12.2 Å². The van der Waals surface area contributed by atoms with E-state index < -0.39 is 0 Å². The van der Waals surface area contributed by atoms with Crippen LogP contribution in [0.2, 0.25) is 0 Å². The highest BCUT2D eigenvalue weighted by Crippen LogP contribution is 2.02. The summed E-state index contributed by atoms with van der Waals surface area (Å²) in [4.78, 5) is 22.2. The maximum atomic E-state index is 11.7. The largest absolute Gasteiger partial charge is 0.396 e. The van der Waals surface area contributed by atoms with Crippen molar-refractivity contribution in [3.8, 4) is 0 Å². The molecule has 0 aliphatic heterocycles. The number of fused-ring (bicyclic) bond motifs is 1. The molecule has 0 radical (unpaired) electrons. The molecule has 0 aromatic carbocycles. The lowest BCUT2D eigenvalue weighted by molar-refractivity contribution is 0.270. The van der Waals surface area contributed by atoms with Crippen LogP contribution in [-0.2, 0) is 6.54 Å². The number of hydrogen-bond donors (Lipinski definition) is 2. The minimum atomic E-state index is -0.147. The Balaban J connectivity index is 1.95. The summed E-state index contributed by atoms with van der Waals surface area (Å²) in [6.45, 7) is 1.79. The van der Waals surface area contributed by atoms with Gasteiger partial charge in [0.25, 0.3) is 11.3 Å². The van der Waals surface area contributed by atoms with E-state index in [1.807, 2.05) is 7.05 Å². The van der Waals surface area contributed by atoms with Crippen molar-refractivity contribution >= 4 is 5.78 Å². The van der Waals surface area contributed by atoms with Crippen molar-refractivity contribution in [2.24, 2.45) is 0 Å². The Labute approximate surface area is 110 Å². The first-order valence-corrected chi connectivity index (χ1v) is 6.42. The average molecular weight is 265 g/mol. The van der Waals surface area contributed by atoms with Gasteiger partial charge in [-0.2, -0.15) is 4.52 Å². The molecule has 2 N–H and O–H groups in total. The van der Waals surface area contributed by atoms with Crippen LogP contribution in [0.25, 0.3) is 5.78 Å². The summed E-state index contributed by atoms with van der Waals surface area (Å²) in [6, 6.07) is 1.52. The lowest BCUT2D eigenvalue weighted by atomic mass is 10.2. The molecule has 0 saturated heterocycles. The van der Waals surface area contributed by atoms with Gasteiger partial charge in [0.05, 0.1) is 5.69 Å². The molecule has 0 aliphatic carbocycles. The summed E-state index contributed by atoms with van der Waals surface area (Å²) in [5, 5.41) is 11.4. The second-order valence-corrected chi connectivity index (χ2v) is 4.63. The normalized spacial score (nSPS) is 11.5. The maximum Gasteiger partial charge on any atom is 0.274 e. The summed E-state index contributed by atoms with van der Waals surface area (Å²) in [6.07, 6.45) is 4.33. The van der Waals surface area contributed by atoms with E-state index in [2.05, 4.69) is 20.0 Å². The van der Waals surface area contributed by atoms with Crippen molar-refractivity contribution in [2.75, 3.05) is 20.2 Å². The van der Waals surface area contributed by atoms with Crippen LogP contribution in [0, 0.1) is 0 Å². The van der Waals surface area contributed by atoms with E-state index >= 15 is 0 Å². The van der Waals surface area contributed by atoms with Gasteiger partial charge in [-0.1, -0.05) is 0 Å². The molecule has 0 bridgehead atoms. The third-order valence-electron chi connectivity index (χ3n) is 2.95. The van der Waals surface area contributed by atoms with Crippen molar-refractivity contribution < 1.29 is 5.11 Å². The number of aromatic nitrogens is 4. The Morgan fingerprint density at radius 2 is 2.26 bits per heavy atom. The molecule has 0 aliphatic rings. The molecule has 7 heteroatoms. The summed E-state index contributed by atoms with van der Waals surface area (Å²) < 4.78 is 1.31. The molecule has 2 aromatic rings. The third-order valence-corrected chi connectivity index (χ3v) is 2.95. The average Bonchev–Trinajstić information content (AvgIpc) is 2.83. The molecule has 0 fully saturated rings. The van der Waals surface area contributed by atoms with Crippen LogP contribution < -0.4 is 5.56 Å². The van der Waals surface area contributed by atoms with Crippen LogP contribution in [-0.4, -0.2) is 49.8 Å². The predicted octanol–water partition coefficient (Wildman–Crippen LogP) is 0.0120. The molecular weight excluding hydrogens is 246 g/mol. The van der Waals surface area contributed by atoms with Crippen molar-refractivity contribution in [3.63, 3.8) is 0 Å². The molecule has 0 amide bonds. The van der Waals surface area contributed by atoms with Gasteiger partial charge in [0.1, 0.15) is 6.33 Å². The van der Waals surface area contributed by atoms with E-state index in [9.17, 15) is 4.79 Å². The van der Waals surface area contributed by atoms with Gasteiger partial charge >= 0.3 is 0 Å². The number of hydrogen-bond acceptors (Lipinski definition) is 5. The molecule has 0 saturated carbocycles. The van der Waals surface area contributed by atoms with Crippen LogP contribution >= 0.6 is 0 Å². The Morgan fingerprint density at radius 1 is 1.42 bits per heavy atom. The quantitative estimate of drug-likeness (QED) is 0.689. The van der Waals surface area contributed by atoms with E-state index in [0.29, 0.717) is 12.3 Å². The summed E-state index contributed by atoms with van der Waals surface area (Å²) in [5.41, 5.74) is 0.577. The molecule has 104 valence electrons. The highest BCUT2D eigenvalue weighted by molar-refractivity contribution is 5.25. The number of aromatic amines is 1. The third kappa shape index (κ3) is 3.62. The number of aliphatic hydroxyl groups is 1. The van der Waals surface area contributed by atoms with Crippen molar-refractivity contribution in [2.45, 2.75) is 25.8 Å². The zero-order valence-electron chi connectivity index (χ0n) is 11.0. The standard InChI is InChI=1S/C12H19N5O2/c1-16(5-3-2-4-6-18)8-10-7-11(19)17-12(15-10)13-9-14-17/h7,9,18H,2-6,8H2,1H3,(H,13,14,15). The number of nitrogens with one attached hydrogen (secondary N) is 1. The Bertz CT molecular complexity index is 577. The van der Waals surface area contributed by atoms with Crippen LogP contribution in [0.5, 0.6) is 0 Å². The monoisotopic (exact) mass is 265 g/mol. The summed E-state index contributed by atoms with van der Waals surface area (Å²) in [7, 11) is 1.99. The number of nitrogens with zero attached hydrogens (tertiary/aromatic N) is 4. The van der Waals surface area contributed by atoms with Crippen molar-refractivity contribution in [1.82, 2.24) is 24.5 Å². The van der Waals surface area contributed by atoms with Gasteiger partial charge in [-0.3, -0.25) is 9.89 Å². The van der Waals surface area contributed by atoms with Gasteiger partial charge in [0.15, 0.2) is 0 Å². The van der Waals surface area contributed by atoms with E-state index in [1.54, 1.807) is 0 Å². The first-order valence-electron chi connectivity index (χ1n) is 6.42. The highest BCUT2D eigenvalue weighted by Gasteiger charge is 2.06. The molecule has 0 unspecified atom stereocenters. The van der Waals surface area contributed by atoms with Gasteiger partial charge < -0.3 is 10.0 Å². The number of aliphatic hydroxyl groups excluding tert-OH is 1. The SMILES string of the molecule is CN(CCCCCO)Cc1cc(=O)n2[nH]cnc2n1. The fourth-order valence-electron chi connectivity index (χ4n) is 1.98. The Morgan fingerprint density at radius 3 is 3.05 bits per heavy atom. The zero-order valence-corrected chi connectivity index (χ0v) is 11.0. The lowest BCUT2D eigenvalue weighted by Gasteiger charge is -2.15. The van der Waals surface area contributed by atoms with Crippen molar-refractivity contribution in [3.05, 3.63) is 28.4 Å². The van der Waals surface area contributed by atoms with Crippen LogP contribution in [0.1, 0.15) is 25.0 Å². The summed E-state index contributed by atoms with van der Waals surface area (Å²) >= 11 is 0. The molecule has 19 heavy (non-hydrogen) atoms. The zero-order chi connectivity index (χ0) is 13.7. The first kappa shape index (κ1) is 13.7. The van der Waals surface area contributed by atoms with Gasteiger partial charge in [0, 0.05) is 19.2 Å².